The topological polar surface area (TPSA) is 40.6 Å². The van der Waals surface area contributed by atoms with E-state index in [1.807, 2.05) is 24.3 Å². The van der Waals surface area contributed by atoms with Gasteiger partial charge in [0.1, 0.15) is 5.70 Å². The SMILES string of the molecule is O=C1C(c2ccccc2)=C(N2CCc3ccccc32)C(=O)N1c1cccc(C(F)(F)F)c1. The van der Waals surface area contributed by atoms with Gasteiger partial charge in [0.15, 0.2) is 0 Å². The third kappa shape index (κ3) is 3.17. The van der Waals surface area contributed by atoms with Crippen LogP contribution in [0.5, 0.6) is 0 Å². The van der Waals surface area contributed by atoms with Gasteiger partial charge in [0.05, 0.1) is 16.8 Å². The Balaban J connectivity index is 1.66. The molecule has 160 valence electrons. The van der Waals surface area contributed by atoms with Crippen LogP contribution >= 0.6 is 0 Å². The molecule has 3 aromatic carbocycles. The lowest BCUT2D eigenvalue weighted by molar-refractivity contribution is -0.137. The van der Waals surface area contributed by atoms with Crippen molar-refractivity contribution in [3.8, 4) is 0 Å². The Kier molecular flexibility index (Phi) is 4.62. The molecule has 0 radical (unpaired) electrons. The van der Waals surface area contributed by atoms with Gasteiger partial charge in [-0.3, -0.25) is 9.59 Å². The highest BCUT2D eigenvalue weighted by atomic mass is 19.4. The van der Waals surface area contributed by atoms with Gasteiger partial charge in [0.2, 0.25) is 0 Å². The van der Waals surface area contributed by atoms with Crippen LogP contribution in [0.1, 0.15) is 16.7 Å². The summed E-state index contributed by atoms with van der Waals surface area (Å²) < 4.78 is 39.8. The standard InChI is InChI=1S/C25H17F3N2O2/c26-25(27,28)18-10-6-11-19(15-18)30-23(31)21(17-8-2-1-3-9-17)22(24(30)32)29-14-13-16-7-4-5-12-20(16)29/h1-12,15H,13-14H2. The third-order valence-electron chi connectivity index (χ3n) is 5.71. The minimum Gasteiger partial charge on any atom is -0.336 e. The van der Waals surface area contributed by atoms with Gasteiger partial charge in [0, 0.05) is 12.2 Å². The number of carbonyl (C=O) groups is 2. The maximum absolute atomic E-state index is 13.6. The molecule has 5 rings (SSSR count). The molecule has 3 aromatic rings. The molecule has 2 amide bonds. The summed E-state index contributed by atoms with van der Waals surface area (Å²) in [6.45, 7) is 0.500. The lowest BCUT2D eigenvalue weighted by atomic mass is 10.0. The number of carbonyl (C=O) groups excluding carboxylic acids is 2. The van der Waals surface area contributed by atoms with E-state index >= 15 is 0 Å². The lowest BCUT2D eigenvalue weighted by Crippen LogP contribution is -2.35. The molecule has 2 heterocycles. The zero-order valence-corrected chi connectivity index (χ0v) is 16.8. The Morgan fingerprint density at radius 3 is 2.25 bits per heavy atom. The van der Waals surface area contributed by atoms with E-state index in [1.165, 1.54) is 12.1 Å². The van der Waals surface area contributed by atoms with Crippen molar-refractivity contribution in [1.29, 1.82) is 0 Å². The quantitative estimate of drug-likeness (QED) is 0.542. The third-order valence-corrected chi connectivity index (χ3v) is 5.71. The molecule has 0 aromatic heterocycles. The molecule has 32 heavy (non-hydrogen) atoms. The number of para-hydroxylation sites is 1. The summed E-state index contributed by atoms with van der Waals surface area (Å²) in [5.41, 5.74) is 1.75. The van der Waals surface area contributed by atoms with Crippen LogP contribution in [0.4, 0.5) is 24.5 Å². The molecular weight excluding hydrogens is 417 g/mol. The number of anilines is 2. The molecule has 0 saturated carbocycles. The van der Waals surface area contributed by atoms with E-state index < -0.39 is 23.6 Å². The first-order valence-corrected chi connectivity index (χ1v) is 10.1. The summed E-state index contributed by atoms with van der Waals surface area (Å²) in [4.78, 5) is 29.7. The molecule has 0 saturated heterocycles. The Hall–Kier alpha value is -3.87. The van der Waals surface area contributed by atoms with Crippen LogP contribution in [0, 0.1) is 0 Å². The van der Waals surface area contributed by atoms with E-state index in [1.54, 1.807) is 35.2 Å². The second kappa shape index (κ2) is 7.37. The van der Waals surface area contributed by atoms with Crippen LogP contribution in [0.15, 0.2) is 84.6 Å². The van der Waals surface area contributed by atoms with E-state index in [4.69, 9.17) is 0 Å². The molecule has 0 atom stereocenters. The summed E-state index contributed by atoms with van der Waals surface area (Å²) in [6, 6.07) is 20.6. The van der Waals surface area contributed by atoms with Crippen molar-refractivity contribution in [2.45, 2.75) is 12.6 Å². The van der Waals surface area contributed by atoms with Crippen molar-refractivity contribution in [1.82, 2.24) is 0 Å². The maximum atomic E-state index is 13.6. The van der Waals surface area contributed by atoms with Crippen molar-refractivity contribution in [2.75, 3.05) is 16.3 Å². The summed E-state index contributed by atoms with van der Waals surface area (Å²) >= 11 is 0. The summed E-state index contributed by atoms with van der Waals surface area (Å²) in [5, 5.41) is 0. The number of fused-ring (bicyclic) bond motifs is 1. The van der Waals surface area contributed by atoms with Crippen molar-refractivity contribution < 1.29 is 22.8 Å². The van der Waals surface area contributed by atoms with Gasteiger partial charge in [-0.05, 0) is 41.8 Å². The second-order valence-electron chi connectivity index (χ2n) is 7.61. The van der Waals surface area contributed by atoms with E-state index in [-0.39, 0.29) is 17.0 Å². The average Bonchev–Trinajstić information content (AvgIpc) is 3.31. The minimum absolute atomic E-state index is 0.106. The van der Waals surface area contributed by atoms with Crippen LogP contribution in [0.25, 0.3) is 5.57 Å². The Bertz CT molecular complexity index is 1270. The van der Waals surface area contributed by atoms with Gasteiger partial charge >= 0.3 is 6.18 Å². The minimum atomic E-state index is -4.59. The number of rotatable bonds is 3. The van der Waals surface area contributed by atoms with Crippen molar-refractivity contribution >= 4 is 28.8 Å². The number of halogens is 3. The van der Waals surface area contributed by atoms with Crippen LogP contribution in [-0.2, 0) is 22.2 Å². The van der Waals surface area contributed by atoms with Gasteiger partial charge in [-0.25, -0.2) is 4.90 Å². The molecule has 2 aliphatic rings. The Morgan fingerprint density at radius 1 is 0.781 bits per heavy atom. The molecule has 0 bridgehead atoms. The monoisotopic (exact) mass is 434 g/mol. The maximum Gasteiger partial charge on any atom is 0.416 e. The van der Waals surface area contributed by atoms with Crippen molar-refractivity contribution in [3.63, 3.8) is 0 Å². The van der Waals surface area contributed by atoms with E-state index in [9.17, 15) is 22.8 Å². The lowest BCUT2D eigenvalue weighted by Gasteiger charge is -2.22. The van der Waals surface area contributed by atoms with Gasteiger partial charge in [0.25, 0.3) is 11.8 Å². The van der Waals surface area contributed by atoms with Crippen molar-refractivity contribution in [2.24, 2.45) is 0 Å². The first-order chi connectivity index (χ1) is 15.4. The normalized spacial score (nSPS) is 16.2. The number of nitrogens with zero attached hydrogens (tertiary/aromatic N) is 2. The molecule has 2 aliphatic heterocycles. The first-order valence-electron chi connectivity index (χ1n) is 10.1. The fraction of sp³-hybridized carbons (Fsp3) is 0.120. The van der Waals surface area contributed by atoms with Crippen LogP contribution < -0.4 is 9.80 Å². The number of amides is 2. The molecule has 4 nitrogen and oxygen atoms in total. The van der Waals surface area contributed by atoms with E-state index in [2.05, 4.69) is 0 Å². The molecule has 0 fully saturated rings. The van der Waals surface area contributed by atoms with Crippen molar-refractivity contribution in [3.05, 3.63) is 101 Å². The fourth-order valence-corrected chi connectivity index (χ4v) is 4.26. The smallest absolute Gasteiger partial charge is 0.336 e. The van der Waals surface area contributed by atoms with Gasteiger partial charge in [-0.2, -0.15) is 13.2 Å². The summed E-state index contributed by atoms with van der Waals surface area (Å²) in [5.74, 6) is -1.27. The summed E-state index contributed by atoms with van der Waals surface area (Å²) in [7, 11) is 0. The van der Waals surface area contributed by atoms with E-state index in [0.717, 1.165) is 28.3 Å². The number of benzene rings is 3. The highest BCUT2D eigenvalue weighted by Gasteiger charge is 2.44. The zero-order valence-electron chi connectivity index (χ0n) is 16.8. The fourth-order valence-electron chi connectivity index (χ4n) is 4.26. The zero-order chi connectivity index (χ0) is 22.5. The highest BCUT2D eigenvalue weighted by molar-refractivity contribution is 6.46. The molecule has 0 aliphatic carbocycles. The molecule has 0 unspecified atom stereocenters. The molecular formula is C25H17F3N2O2. The number of hydrogen-bond acceptors (Lipinski definition) is 3. The van der Waals surface area contributed by atoms with Gasteiger partial charge in [-0.15, -0.1) is 0 Å². The second-order valence-corrected chi connectivity index (χ2v) is 7.61. The predicted octanol–water partition coefficient (Wildman–Crippen LogP) is 5.05. The van der Waals surface area contributed by atoms with Crippen LogP contribution in [-0.4, -0.2) is 18.4 Å². The van der Waals surface area contributed by atoms with Gasteiger partial charge < -0.3 is 4.90 Å². The highest BCUT2D eigenvalue weighted by Crippen LogP contribution is 2.41. The Morgan fingerprint density at radius 2 is 1.50 bits per heavy atom. The van der Waals surface area contributed by atoms with Crippen LogP contribution in [0.2, 0.25) is 0 Å². The number of imide groups is 1. The largest absolute Gasteiger partial charge is 0.416 e. The van der Waals surface area contributed by atoms with Crippen LogP contribution in [0.3, 0.4) is 0 Å². The molecule has 7 heteroatoms. The van der Waals surface area contributed by atoms with E-state index in [0.29, 0.717) is 18.5 Å². The number of hydrogen-bond donors (Lipinski definition) is 0. The van der Waals surface area contributed by atoms with Gasteiger partial charge in [-0.1, -0.05) is 54.6 Å². The number of alkyl halides is 3. The predicted molar refractivity (Wildman–Crippen MR) is 115 cm³/mol. The average molecular weight is 434 g/mol. The first kappa shape index (κ1) is 20.1. The summed E-state index contributed by atoms with van der Waals surface area (Å²) in [6.07, 6.45) is -3.89. The molecule has 0 spiro atoms. The Labute approximate surface area is 182 Å². The molecule has 0 N–H and O–H groups in total.